The van der Waals surface area contributed by atoms with Crippen LogP contribution in [0.1, 0.15) is 17.5 Å². The molecule has 1 saturated heterocycles. The van der Waals surface area contributed by atoms with Gasteiger partial charge in [-0.3, -0.25) is 9.59 Å². The maximum Gasteiger partial charge on any atom is 0.254 e. The quantitative estimate of drug-likeness (QED) is 0.478. The maximum atomic E-state index is 12.7. The summed E-state index contributed by atoms with van der Waals surface area (Å²) in [4.78, 5) is 25.5. The van der Waals surface area contributed by atoms with Crippen molar-refractivity contribution in [1.82, 2.24) is 5.01 Å². The van der Waals surface area contributed by atoms with E-state index in [0.29, 0.717) is 11.8 Å². The zero-order valence-corrected chi connectivity index (χ0v) is 12.9. The minimum absolute atomic E-state index is 0.104. The Balaban J connectivity index is 1.44. The van der Waals surface area contributed by atoms with E-state index in [1.807, 2.05) is 31.2 Å². The predicted molar refractivity (Wildman–Crippen MR) is 85.3 cm³/mol. The SMILES string of the molecule is Cc1ccc(/C=N\N2C(=O)[C@H]3[C@@H]4C=C[C@H]([C@H]5C[C@H]45)[C@@H]3C2=O)cc1. The second-order valence-corrected chi connectivity index (χ2v) is 7.30. The highest BCUT2D eigenvalue weighted by Gasteiger charge is 2.67. The Bertz CT molecular complexity index is 728. The Hall–Kier alpha value is -2.23. The van der Waals surface area contributed by atoms with E-state index in [1.54, 1.807) is 6.21 Å². The lowest BCUT2D eigenvalue weighted by Crippen LogP contribution is -2.40. The van der Waals surface area contributed by atoms with Crippen molar-refractivity contribution in [3.8, 4) is 0 Å². The van der Waals surface area contributed by atoms with Gasteiger partial charge in [0.05, 0.1) is 18.1 Å². The van der Waals surface area contributed by atoms with Crippen molar-refractivity contribution in [3.05, 3.63) is 47.5 Å². The van der Waals surface area contributed by atoms with Crippen molar-refractivity contribution in [3.63, 3.8) is 0 Å². The number of benzene rings is 1. The highest BCUT2D eigenvalue weighted by atomic mass is 16.2. The summed E-state index contributed by atoms with van der Waals surface area (Å²) >= 11 is 0. The van der Waals surface area contributed by atoms with Gasteiger partial charge >= 0.3 is 0 Å². The van der Waals surface area contributed by atoms with Crippen molar-refractivity contribution in [2.45, 2.75) is 13.3 Å². The molecule has 4 nitrogen and oxygen atoms in total. The van der Waals surface area contributed by atoms with Gasteiger partial charge in [-0.2, -0.15) is 10.1 Å². The van der Waals surface area contributed by atoms with Gasteiger partial charge in [0, 0.05) is 0 Å². The van der Waals surface area contributed by atoms with Gasteiger partial charge in [-0.25, -0.2) is 0 Å². The topological polar surface area (TPSA) is 49.7 Å². The molecule has 0 N–H and O–H groups in total. The number of aryl methyl sites for hydroxylation is 1. The Morgan fingerprint density at radius 1 is 1.00 bits per heavy atom. The number of allylic oxidation sites excluding steroid dienone is 2. The Kier molecular flexibility index (Phi) is 2.53. The van der Waals surface area contributed by atoms with Gasteiger partial charge < -0.3 is 0 Å². The summed E-state index contributed by atoms with van der Waals surface area (Å²) in [6, 6.07) is 7.87. The molecule has 1 heterocycles. The van der Waals surface area contributed by atoms with Crippen molar-refractivity contribution in [2.75, 3.05) is 0 Å². The zero-order valence-electron chi connectivity index (χ0n) is 12.9. The van der Waals surface area contributed by atoms with Crippen LogP contribution in [0.3, 0.4) is 0 Å². The van der Waals surface area contributed by atoms with Crippen LogP contribution in [-0.2, 0) is 9.59 Å². The van der Waals surface area contributed by atoms with Gasteiger partial charge in [0.1, 0.15) is 0 Å². The lowest BCUT2D eigenvalue weighted by molar-refractivity contribution is -0.140. The van der Waals surface area contributed by atoms with Gasteiger partial charge in [0.15, 0.2) is 0 Å². The predicted octanol–water partition coefficient (Wildman–Crippen LogP) is 2.38. The fraction of sp³-hybridized carbons (Fsp3) is 0.421. The van der Waals surface area contributed by atoms with Crippen LogP contribution < -0.4 is 0 Å². The van der Waals surface area contributed by atoms with E-state index in [2.05, 4.69) is 17.3 Å². The van der Waals surface area contributed by atoms with Gasteiger partial charge in [-0.15, -0.1) is 0 Å². The molecule has 23 heavy (non-hydrogen) atoms. The average Bonchev–Trinajstić information content (AvgIpc) is 3.33. The first kappa shape index (κ1) is 13.2. The van der Waals surface area contributed by atoms with Gasteiger partial charge in [0.25, 0.3) is 11.8 Å². The number of nitrogens with zero attached hydrogens (tertiary/aromatic N) is 2. The molecule has 0 radical (unpaired) electrons. The van der Waals surface area contributed by atoms with Crippen molar-refractivity contribution in [1.29, 1.82) is 0 Å². The summed E-state index contributed by atoms with van der Waals surface area (Å²) in [5.74, 6) is 1.22. The van der Waals surface area contributed by atoms with Crippen LogP contribution in [0.4, 0.5) is 0 Å². The van der Waals surface area contributed by atoms with E-state index in [4.69, 9.17) is 0 Å². The van der Waals surface area contributed by atoms with Crippen LogP contribution in [-0.4, -0.2) is 23.0 Å². The molecule has 6 atom stereocenters. The summed E-state index contributed by atoms with van der Waals surface area (Å²) in [7, 11) is 0. The molecule has 3 fully saturated rings. The van der Waals surface area contributed by atoms with E-state index in [1.165, 1.54) is 12.0 Å². The summed E-state index contributed by atoms with van der Waals surface area (Å²) < 4.78 is 0. The van der Waals surface area contributed by atoms with E-state index >= 15 is 0 Å². The highest BCUT2D eigenvalue weighted by Crippen LogP contribution is 2.65. The number of hydrogen-bond donors (Lipinski definition) is 0. The lowest BCUT2D eigenvalue weighted by atomic mass is 9.63. The molecular weight excluding hydrogens is 288 g/mol. The van der Waals surface area contributed by atoms with Gasteiger partial charge in [0.2, 0.25) is 0 Å². The van der Waals surface area contributed by atoms with Gasteiger partial charge in [-0.1, -0.05) is 42.0 Å². The minimum Gasteiger partial charge on any atom is -0.272 e. The number of hydrazone groups is 1. The summed E-state index contributed by atoms with van der Waals surface area (Å²) in [5.41, 5.74) is 2.07. The molecule has 116 valence electrons. The molecule has 4 heteroatoms. The zero-order chi connectivity index (χ0) is 15.7. The fourth-order valence-electron chi connectivity index (χ4n) is 4.83. The molecule has 5 aliphatic rings. The molecule has 2 saturated carbocycles. The smallest absolute Gasteiger partial charge is 0.254 e. The molecule has 0 spiro atoms. The molecule has 1 aliphatic heterocycles. The summed E-state index contributed by atoms with van der Waals surface area (Å²) in [6.45, 7) is 2.02. The lowest BCUT2D eigenvalue weighted by Gasteiger charge is -2.37. The molecule has 2 amide bonds. The Labute approximate surface area is 134 Å². The molecule has 0 aromatic heterocycles. The van der Waals surface area contributed by atoms with Crippen LogP contribution in [0.15, 0.2) is 41.5 Å². The number of imide groups is 1. The summed E-state index contributed by atoms with van der Waals surface area (Å²) in [6.07, 6.45) is 7.15. The van der Waals surface area contributed by atoms with E-state index < -0.39 is 0 Å². The van der Waals surface area contributed by atoms with Crippen LogP contribution in [0.25, 0.3) is 0 Å². The standard InChI is InChI=1S/C19H18N2O2/c1-10-2-4-11(5-3-10)9-20-21-18(22)16-12-6-7-13(15-8-14(12)15)17(16)19(21)23/h2-7,9,12-17H,8H2,1H3/b20-9-/t12-,13-,14-,15-,16+,17+/m1/s1. The Morgan fingerprint density at radius 2 is 1.57 bits per heavy atom. The average molecular weight is 306 g/mol. The first-order chi connectivity index (χ1) is 11.1. The van der Waals surface area contributed by atoms with Crippen molar-refractivity contribution in [2.24, 2.45) is 40.6 Å². The largest absolute Gasteiger partial charge is 0.272 e. The van der Waals surface area contributed by atoms with E-state index in [-0.39, 0.29) is 35.5 Å². The molecule has 6 rings (SSSR count). The maximum absolute atomic E-state index is 12.7. The van der Waals surface area contributed by atoms with Crippen LogP contribution in [0.2, 0.25) is 0 Å². The first-order valence-corrected chi connectivity index (χ1v) is 8.32. The van der Waals surface area contributed by atoms with Crippen LogP contribution >= 0.6 is 0 Å². The monoisotopic (exact) mass is 306 g/mol. The number of carbonyl (C=O) groups excluding carboxylic acids is 2. The molecule has 1 aromatic carbocycles. The number of amides is 2. The third-order valence-corrected chi connectivity index (χ3v) is 6.04. The third-order valence-electron chi connectivity index (χ3n) is 6.04. The first-order valence-electron chi connectivity index (χ1n) is 8.32. The van der Waals surface area contributed by atoms with Crippen molar-refractivity contribution >= 4 is 18.0 Å². The van der Waals surface area contributed by atoms with E-state index in [9.17, 15) is 9.59 Å². The second kappa shape index (κ2) is 4.40. The molecule has 0 unspecified atom stereocenters. The Morgan fingerprint density at radius 3 is 2.13 bits per heavy atom. The molecule has 4 aliphatic carbocycles. The van der Waals surface area contributed by atoms with Crippen LogP contribution in [0, 0.1) is 42.4 Å². The van der Waals surface area contributed by atoms with Crippen molar-refractivity contribution < 1.29 is 9.59 Å². The highest BCUT2D eigenvalue weighted by molar-refractivity contribution is 6.06. The second-order valence-electron chi connectivity index (χ2n) is 7.30. The van der Waals surface area contributed by atoms with Crippen LogP contribution in [0.5, 0.6) is 0 Å². The minimum atomic E-state index is -0.170. The summed E-state index contributed by atoms with van der Waals surface area (Å²) in [5, 5.41) is 5.36. The van der Waals surface area contributed by atoms with Gasteiger partial charge in [-0.05, 0) is 42.6 Å². The number of carbonyl (C=O) groups is 2. The third kappa shape index (κ3) is 1.75. The number of hydrogen-bond acceptors (Lipinski definition) is 3. The van der Waals surface area contributed by atoms with E-state index in [0.717, 1.165) is 10.6 Å². The normalized spacial score (nSPS) is 40.0. The molecular formula is C19H18N2O2. The molecule has 1 aromatic rings. The number of rotatable bonds is 2. The molecule has 2 bridgehead atoms. The fourth-order valence-corrected chi connectivity index (χ4v) is 4.83.